The van der Waals surface area contributed by atoms with Gasteiger partial charge in [-0.05, 0) is 28.8 Å². The molecule has 1 aliphatic heterocycles. The molecule has 0 bridgehead atoms. The summed E-state index contributed by atoms with van der Waals surface area (Å²) in [5.41, 5.74) is 9.90. The van der Waals surface area contributed by atoms with Crippen molar-refractivity contribution in [2.75, 3.05) is 12.8 Å². The number of thiophene rings is 1. The first-order valence-electron chi connectivity index (χ1n) is 7.40. The normalized spacial score (nSPS) is 13.5. The highest BCUT2D eigenvalue weighted by atomic mass is 32.1. The van der Waals surface area contributed by atoms with Crippen molar-refractivity contribution in [3.63, 3.8) is 0 Å². The Kier molecular flexibility index (Phi) is 3.11. The maximum absolute atomic E-state index is 12.0. The monoisotopic (exact) mass is 338 g/mol. The number of benzene rings is 2. The summed E-state index contributed by atoms with van der Waals surface area (Å²) < 4.78 is 0.852. The van der Waals surface area contributed by atoms with Crippen LogP contribution >= 0.6 is 11.3 Å². The SMILES string of the molecule is CN1Cc2cc(-c3cccc4c(N)c(C(=O)O)sc34)ccc2C1=O. The van der Waals surface area contributed by atoms with Crippen LogP contribution in [0.15, 0.2) is 36.4 Å². The highest BCUT2D eigenvalue weighted by molar-refractivity contribution is 7.22. The van der Waals surface area contributed by atoms with Crippen LogP contribution in [0.4, 0.5) is 5.69 Å². The van der Waals surface area contributed by atoms with Crippen LogP contribution in [-0.4, -0.2) is 28.9 Å². The average molecular weight is 338 g/mol. The van der Waals surface area contributed by atoms with Crippen LogP contribution in [-0.2, 0) is 6.54 Å². The number of carbonyl (C=O) groups excluding carboxylic acids is 1. The number of rotatable bonds is 2. The Labute approximate surface area is 141 Å². The third kappa shape index (κ3) is 2.00. The molecule has 2 heterocycles. The molecule has 0 radical (unpaired) electrons. The molecular weight excluding hydrogens is 324 g/mol. The van der Waals surface area contributed by atoms with E-state index in [2.05, 4.69) is 0 Å². The van der Waals surface area contributed by atoms with Gasteiger partial charge in [-0.25, -0.2) is 4.79 Å². The number of carbonyl (C=O) groups is 2. The van der Waals surface area contributed by atoms with Gasteiger partial charge in [0.1, 0.15) is 4.88 Å². The molecular formula is C18H14N2O3S. The summed E-state index contributed by atoms with van der Waals surface area (Å²) in [6, 6.07) is 11.4. The van der Waals surface area contributed by atoms with Crippen LogP contribution in [0.1, 0.15) is 25.6 Å². The second kappa shape index (κ2) is 5.07. The van der Waals surface area contributed by atoms with Gasteiger partial charge in [-0.15, -0.1) is 11.3 Å². The van der Waals surface area contributed by atoms with Gasteiger partial charge in [0, 0.05) is 29.2 Å². The Morgan fingerprint density at radius 3 is 2.79 bits per heavy atom. The number of carboxylic acids is 1. The van der Waals surface area contributed by atoms with Crippen molar-refractivity contribution in [2.24, 2.45) is 0 Å². The van der Waals surface area contributed by atoms with Gasteiger partial charge < -0.3 is 15.7 Å². The predicted molar refractivity (Wildman–Crippen MR) is 94.4 cm³/mol. The van der Waals surface area contributed by atoms with Gasteiger partial charge >= 0.3 is 5.97 Å². The zero-order chi connectivity index (χ0) is 17.0. The van der Waals surface area contributed by atoms with Crippen molar-refractivity contribution in [2.45, 2.75) is 6.54 Å². The molecule has 3 aromatic rings. The fourth-order valence-electron chi connectivity index (χ4n) is 3.16. The van der Waals surface area contributed by atoms with E-state index in [1.54, 1.807) is 11.9 Å². The molecule has 24 heavy (non-hydrogen) atoms. The molecule has 0 spiro atoms. The van der Waals surface area contributed by atoms with E-state index in [1.165, 1.54) is 11.3 Å². The second-order valence-corrected chi connectivity index (χ2v) is 6.89. The quantitative estimate of drug-likeness (QED) is 0.750. The number of anilines is 1. The number of hydrogen-bond donors (Lipinski definition) is 2. The van der Waals surface area contributed by atoms with E-state index in [4.69, 9.17) is 5.73 Å². The lowest BCUT2D eigenvalue weighted by Crippen LogP contribution is -2.17. The number of amides is 1. The molecule has 1 aliphatic rings. The summed E-state index contributed by atoms with van der Waals surface area (Å²) in [6.45, 7) is 0.588. The van der Waals surface area contributed by atoms with Crippen molar-refractivity contribution in [3.8, 4) is 11.1 Å². The van der Waals surface area contributed by atoms with Crippen LogP contribution in [0.5, 0.6) is 0 Å². The van der Waals surface area contributed by atoms with Crippen molar-refractivity contribution in [1.29, 1.82) is 0 Å². The summed E-state index contributed by atoms with van der Waals surface area (Å²) in [4.78, 5) is 25.2. The Balaban J connectivity index is 1.92. The average Bonchev–Trinajstić information content (AvgIpc) is 3.05. The number of hydrogen-bond acceptors (Lipinski definition) is 4. The number of nitrogens with two attached hydrogens (primary N) is 1. The van der Waals surface area contributed by atoms with Crippen LogP contribution < -0.4 is 5.73 Å². The van der Waals surface area contributed by atoms with Crippen LogP contribution in [0.25, 0.3) is 21.2 Å². The predicted octanol–water partition coefficient (Wildman–Crippen LogP) is 3.43. The van der Waals surface area contributed by atoms with Crippen molar-refractivity contribution < 1.29 is 14.7 Å². The Morgan fingerprint density at radius 1 is 1.25 bits per heavy atom. The van der Waals surface area contributed by atoms with E-state index in [0.29, 0.717) is 12.2 Å². The number of nitrogen functional groups attached to an aromatic ring is 1. The third-order valence-electron chi connectivity index (χ3n) is 4.35. The topological polar surface area (TPSA) is 83.6 Å². The minimum absolute atomic E-state index is 0.0308. The lowest BCUT2D eigenvalue weighted by molar-refractivity contribution is 0.0702. The Hall–Kier alpha value is -2.86. The number of aromatic carboxylic acids is 1. The fraction of sp³-hybridized carbons (Fsp3) is 0.111. The number of fused-ring (bicyclic) bond motifs is 2. The van der Waals surface area contributed by atoms with E-state index in [0.717, 1.165) is 32.3 Å². The van der Waals surface area contributed by atoms with Gasteiger partial charge in [-0.1, -0.05) is 24.3 Å². The Bertz CT molecular complexity index is 1020. The maximum atomic E-state index is 12.0. The summed E-state index contributed by atoms with van der Waals surface area (Å²) in [7, 11) is 1.78. The van der Waals surface area contributed by atoms with Gasteiger partial charge in [0.25, 0.3) is 5.91 Å². The van der Waals surface area contributed by atoms with Gasteiger partial charge in [-0.3, -0.25) is 4.79 Å². The number of carboxylic acid groups (broad SMARTS) is 1. The van der Waals surface area contributed by atoms with Crippen molar-refractivity contribution in [3.05, 3.63) is 52.4 Å². The molecule has 6 heteroatoms. The maximum Gasteiger partial charge on any atom is 0.348 e. The Morgan fingerprint density at radius 2 is 2.04 bits per heavy atom. The molecule has 0 fully saturated rings. The lowest BCUT2D eigenvalue weighted by Gasteiger charge is -2.06. The van der Waals surface area contributed by atoms with Gasteiger partial charge in [0.15, 0.2) is 0 Å². The molecule has 2 aromatic carbocycles. The first-order chi connectivity index (χ1) is 11.5. The molecule has 3 N–H and O–H groups in total. The molecule has 0 unspecified atom stereocenters. The third-order valence-corrected chi connectivity index (χ3v) is 5.59. The van der Waals surface area contributed by atoms with Gasteiger partial charge in [0.05, 0.1) is 5.69 Å². The lowest BCUT2D eigenvalue weighted by atomic mass is 9.99. The van der Waals surface area contributed by atoms with Crippen molar-refractivity contribution >= 4 is 39.0 Å². The van der Waals surface area contributed by atoms with E-state index >= 15 is 0 Å². The summed E-state index contributed by atoms with van der Waals surface area (Å²) in [5, 5.41) is 10.1. The first kappa shape index (κ1) is 14.7. The molecule has 0 aliphatic carbocycles. The highest BCUT2D eigenvalue weighted by Crippen LogP contribution is 2.40. The van der Waals surface area contributed by atoms with Gasteiger partial charge in [-0.2, -0.15) is 0 Å². The van der Waals surface area contributed by atoms with E-state index in [9.17, 15) is 14.7 Å². The molecule has 1 amide bonds. The summed E-state index contributed by atoms with van der Waals surface area (Å²) in [5.74, 6) is -0.982. The second-order valence-electron chi connectivity index (χ2n) is 5.87. The molecule has 5 nitrogen and oxygen atoms in total. The molecule has 120 valence electrons. The molecule has 0 saturated heterocycles. The molecule has 4 rings (SSSR count). The summed E-state index contributed by atoms with van der Waals surface area (Å²) >= 11 is 1.19. The minimum atomic E-state index is -1.01. The molecule has 0 saturated carbocycles. The van der Waals surface area contributed by atoms with Crippen molar-refractivity contribution in [1.82, 2.24) is 4.90 Å². The zero-order valence-electron chi connectivity index (χ0n) is 12.9. The van der Waals surface area contributed by atoms with Gasteiger partial charge in [0.2, 0.25) is 0 Å². The first-order valence-corrected chi connectivity index (χ1v) is 8.22. The molecule has 0 atom stereocenters. The molecule has 1 aromatic heterocycles. The minimum Gasteiger partial charge on any atom is -0.477 e. The van der Waals surface area contributed by atoms with E-state index in [1.807, 2.05) is 36.4 Å². The standard InChI is InChI=1S/C18H14N2O3S/c1-20-8-10-7-9(5-6-12(10)17(20)21)11-3-2-4-13-14(19)16(18(22)23)24-15(11)13/h2-7H,8,19H2,1H3,(H,22,23). The van der Waals surface area contributed by atoms with E-state index in [-0.39, 0.29) is 10.8 Å². The van der Waals surface area contributed by atoms with Crippen LogP contribution in [0.2, 0.25) is 0 Å². The van der Waals surface area contributed by atoms with Crippen LogP contribution in [0.3, 0.4) is 0 Å². The highest BCUT2D eigenvalue weighted by Gasteiger charge is 2.25. The number of nitrogens with zero attached hydrogens (tertiary/aromatic N) is 1. The largest absolute Gasteiger partial charge is 0.477 e. The van der Waals surface area contributed by atoms with Crippen LogP contribution in [0, 0.1) is 0 Å². The summed E-state index contributed by atoms with van der Waals surface area (Å²) in [6.07, 6.45) is 0. The smallest absolute Gasteiger partial charge is 0.348 e. The fourth-order valence-corrected chi connectivity index (χ4v) is 4.25. The zero-order valence-corrected chi connectivity index (χ0v) is 13.7. The van der Waals surface area contributed by atoms with E-state index < -0.39 is 5.97 Å².